The summed E-state index contributed by atoms with van der Waals surface area (Å²) in [7, 11) is 1.30. The van der Waals surface area contributed by atoms with E-state index in [-0.39, 0.29) is 26.6 Å². The van der Waals surface area contributed by atoms with E-state index in [2.05, 4.69) is 38.2 Å². The van der Waals surface area contributed by atoms with Crippen LogP contribution in [0.4, 0.5) is 5.82 Å². The molecule has 13 heteroatoms. The number of rotatable bonds is 4. The van der Waals surface area contributed by atoms with Crippen LogP contribution in [0.25, 0.3) is 5.30 Å². The number of ether oxygens (including phenoxy) is 2. The monoisotopic (exact) mass is 684 g/mol. The van der Waals surface area contributed by atoms with E-state index >= 15 is 0 Å². The van der Waals surface area contributed by atoms with Crippen LogP contribution in [-0.2, 0) is 53.8 Å². The van der Waals surface area contributed by atoms with Gasteiger partial charge in [-0.15, -0.1) is 0 Å². The van der Waals surface area contributed by atoms with Crippen LogP contribution < -0.4 is 4.90 Å². The van der Waals surface area contributed by atoms with Crippen molar-refractivity contribution in [3.05, 3.63) is 74.4 Å². The van der Waals surface area contributed by atoms with E-state index in [1.165, 1.54) is 20.6 Å². The molecule has 1 saturated heterocycles. The van der Waals surface area contributed by atoms with Crippen molar-refractivity contribution >= 4 is 25.4 Å². The molecule has 3 rings (SSSR count). The summed E-state index contributed by atoms with van der Waals surface area (Å²) >= 11 is 0. The quantitative estimate of drug-likeness (QED) is 0.272. The van der Waals surface area contributed by atoms with Gasteiger partial charge in [0.05, 0.1) is 14.2 Å². The number of nitrogens with zero attached hydrogens (tertiary/aromatic N) is 2. The number of methoxy groups -OCH3 is 2. The third-order valence-electron chi connectivity index (χ3n) is 4.29. The van der Waals surface area contributed by atoms with Crippen LogP contribution in [0.3, 0.4) is 0 Å². The number of hydrogen-bond acceptors (Lipinski definition) is 6. The number of benzene rings is 1. The van der Waals surface area contributed by atoms with Crippen molar-refractivity contribution in [2.75, 3.05) is 32.2 Å². The van der Waals surface area contributed by atoms with Crippen LogP contribution >= 0.6 is 7.69 Å². The molecule has 0 spiro atoms. The van der Waals surface area contributed by atoms with E-state index in [0.29, 0.717) is 11.1 Å². The predicted octanol–water partition coefficient (Wildman–Crippen LogP) is 3.43. The second-order valence-electron chi connectivity index (χ2n) is 5.83. The molecule has 2 heterocycles. The minimum absolute atomic E-state index is 0. The zero-order valence-corrected chi connectivity index (χ0v) is 23.2. The van der Waals surface area contributed by atoms with Crippen LogP contribution in [-0.4, -0.2) is 44.0 Å². The maximum absolute atomic E-state index is 12.5. The SMILES string of the molecule is COC(=O)c1c(N2CCCCC2)np(-c2ccccc2)c1C(=O)OC.[C-]#[O+].[C-]#[O+].[C-]#[O+].[C-]#[O+].[C-]#[O+].[W]. The Balaban J connectivity index is -0.000000416. The van der Waals surface area contributed by atoms with Crippen LogP contribution in [0.5, 0.6) is 0 Å². The van der Waals surface area contributed by atoms with Gasteiger partial charge in [-0.2, -0.15) is 0 Å². The fraction of sp³-hybridized carbons (Fsp3) is 0.304. The Morgan fingerprint density at radius 3 is 1.67 bits per heavy atom. The largest absolute Gasteiger partial charge is 0 e. The van der Waals surface area contributed by atoms with Crippen LogP contribution in [0.2, 0.25) is 0 Å². The Labute approximate surface area is 224 Å². The first-order valence-corrected chi connectivity index (χ1v) is 10.6. The van der Waals surface area contributed by atoms with Gasteiger partial charge < -0.3 is 14.4 Å². The standard InChI is InChI=1S/C18H21N2O4P.5CO.W/c1-23-17(21)14-15(18(22)24-2)25(13-9-5-3-6-10-13)19-16(14)20-11-7-4-8-12-20;5*1-2;/h3,5-6,9-10H,4,7-8,11-12H2,1-2H3;;;;;;. The summed E-state index contributed by atoms with van der Waals surface area (Å²) in [5.41, 5.74) is 0.256. The Morgan fingerprint density at radius 1 is 0.806 bits per heavy atom. The van der Waals surface area contributed by atoms with Gasteiger partial charge in [0.15, 0.2) is 0 Å². The maximum Gasteiger partial charge on any atom is 0 e. The second-order valence-corrected chi connectivity index (χ2v) is 7.61. The molecule has 1 unspecified atom stereocenters. The fourth-order valence-corrected chi connectivity index (χ4v) is 5.08. The van der Waals surface area contributed by atoms with E-state index < -0.39 is 19.6 Å². The molecule has 1 aromatic carbocycles. The van der Waals surface area contributed by atoms with Crippen molar-refractivity contribution < 1.29 is 63.4 Å². The van der Waals surface area contributed by atoms with Gasteiger partial charge >= 0.3 is 68.5 Å². The third kappa shape index (κ3) is 11.7. The summed E-state index contributed by atoms with van der Waals surface area (Å²) in [6, 6.07) is 9.56. The average Bonchev–Trinajstić information content (AvgIpc) is 3.39. The van der Waals surface area contributed by atoms with Crippen molar-refractivity contribution in [1.82, 2.24) is 4.75 Å². The van der Waals surface area contributed by atoms with Crippen molar-refractivity contribution in [2.24, 2.45) is 0 Å². The number of anilines is 1. The number of piperidine rings is 1. The molecule has 0 saturated carbocycles. The van der Waals surface area contributed by atoms with E-state index in [1.54, 1.807) is 0 Å². The molecular weight excluding hydrogens is 663 g/mol. The third-order valence-corrected chi connectivity index (χ3v) is 6.30. The van der Waals surface area contributed by atoms with Gasteiger partial charge in [-0.05, 0) is 31.4 Å². The van der Waals surface area contributed by atoms with Gasteiger partial charge in [0, 0.05) is 47.2 Å². The second kappa shape index (κ2) is 26.7. The van der Waals surface area contributed by atoms with E-state index in [9.17, 15) is 9.59 Å². The molecule has 0 amide bonds. The first-order chi connectivity index (χ1) is 17.2. The number of hydrogen-bond donors (Lipinski definition) is 0. The summed E-state index contributed by atoms with van der Waals surface area (Å²) in [4.78, 5) is 27.1. The summed E-state index contributed by atoms with van der Waals surface area (Å²) in [5, 5.41) is 1.22. The molecule has 36 heavy (non-hydrogen) atoms. The van der Waals surface area contributed by atoms with Gasteiger partial charge in [0.1, 0.15) is 16.7 Å². The predicted molar refractivity (Wildman–Crippen MR) is 117 cm³/mol. The number of aromatic nitrogens is 1. The summed E-state index contributed by atoms with van der Waals surface area (Å²) in [5.74, 6) is -0.487. The zero-order valence-electron chi connectivity index (χ0n) is 19.3. The molecule has 188 valence electrons. The Kier molecular flexibility index (Phi) is 29.8. The van der Waals surface area contributed by atoms with Gasteiger partial charge in [-0.3, -0.25) is 0 Å². The molecule has 1 atom stereocenters. The molecule has 11 nitrogen and oxygen atoms in total. The summed E-state index contributed by atoms with van der Waals surface area (Å²) in [6.45, 7) is 24.2. The van der Waals surface area contributed by atoms with Crippen LogP contribution in [0.1, 0.15) is 39.7 Å². The first kappa shape index (κ1) is 40.2. The minimum atomic E-state index is -1.34. The zero-order chi connectivity index (χ0) is 27.8. The van der Waals surface area contributed by atoms with E-state index in [4.69, 9.17) is 37.5 Å². The van der Waals surface area contributed by atoms with Gasteiger partial charge in [0.25, 0.3) is 0 Å². The topological polar surface area (TPSA) is 168 Å². The summed E-state index contributed by atoms with van der Waals surface area (Å²) in [6.07, 6.45) is 3.26. The van der Waals surface area contributed by atoms with Gasteiger partial charge in [-0.25, -0.2) is 14.3 Å². The molecule has 0 radical (unpaired) electrons. The molecular formula is C23H21N2O9PW. The van der Waals surface area contributed by atoms with Crippen molar-refractivity contribution in [3.63, 3.8) is 0 Å². The Hall–Kier alpha value is -2.94. The number of esters is 2. The molecule has 0 N–H and O–H groups in total. The fourth-order valence-electron chi connectivity index (χ4n) is 3.06. The summed E-state index contributed by atoms with van der Waals surface area (Å²) < 4.78 is 52.2. The Bertz CT molecular complexity index is 958. The van der Waals surface area contributed by atoms with E-state index in [0.717, 1.165) is 31.2 Å². The van der Waals surface area contributed by atoms with Crippen molar-refractivity contribution in [2.45, 2.75) is 19.3 Å². The smallest absolute Gasteiger partial charge is 0 e. The van der Waals surface area contributed by atoms with Gasteiger partial charge in [-0.1, -0.05) is 18.2 Å². The Morgan fingerprint density at radius 2 is 1.25 bits per heavy atom. The maximum atomic E-state index is 12.5. The van der Waals surface area contributed by atoms with Crippen LogP contribution in [0, 0.1) is 33.3 Å². The normalized spacial score (nSPS) is 10.7. The van der Waals surface area contributed by atoms with E-state index in [1.807, 2.05) is 30.3 Å². The molecule has 1 fully saturated rings. The minimum Gasteiger partial charge on any atom is 0 e. The number of carbonyl (C=O) groups excluding carboxylic acids is 2. The molecule has 0 bridgehead atoms. The molecule has 1 aliphatic rings. The number of carbonyl (C=O) groups is 2. The van der Waals surface area contributed by atoms with Crippen molar-refractivity contribution in [1.29, 1.82) is 0 Å². The molecule has 0 aliphatic carbocycles. The average molecular weight is 684 g/mol. The molecule has 1 aliphatic heterocycles. The van der Waals surface area contributed by atoms with Gasteiger partial charge in [0.2, 0.25) is 0 Å². The van der Waals surface area contributed by atoms with Crippen LogP contribution in [0.15, 0.2) is 30.3 Å². The molecule has 1 aromatic heterocycles. The molecule has 2 aromatic rings. The van der Waals surface area contributed by atoms with Crippen molar-refractivity contribution in [3.8, 4) is 5.30 Å². The first-order valence-electron chi connectivity index (χ1n) is 9.29.